The first-order chi connectivity index (χ1) is 17.7. The summed E-state index contributed by atoms with van der Waals surface area (Å²) in [4.78, 5) is 0. The van der Waals surface area contributed by atoms with Crippen molar-refractivity contribution in [3.63, 3.8) is 0 Å². The van der Waals surface area contributed by atoms with Gasteiger partial charge in [0.05, 0.1) is 5.69 Å². The number of benzene rings is 6. The second kappa shape index (κ2) is 9.41. The van der Waals surface area contributed by atoms with Gasteiger partial charge in [-0.2, -0.15) is 0 Å². The maximum Gasteiger partial charge on any atom is 0.143 e. The Labute approximate surface area is 215 Å². The average molecular weight is 486 g/mol. The summed E-state index contributed by atoms with van der Waals surface area (Å²) in [6.45, 7) is 0.400. The Morgan fingerprint density at radius 1 is 0.583 bits per heavy atom. The first kappa shape index (κ1) is 22.2. The van der Waals surface area contributed by atoms with E-state index >= 15 is 0 Å². The standard InChI is InChI=1S/C33H24ClNO/c34-26-16-14-22(15-17-26)21-36-32-20-25(19-31(33(32)35)23-8-2-1-3-9-23)30-18-24-10-4-5-11-27(24)28-12-6-7-13-29(28)30/h1-20H,21,35H2. The summed E-state index contributed by atoms with van der Waals surface area (Å²) in [7, 11) is 0. The molecule has 0 radical (unpaired) electrons. The zero-order valence-corrected chi connectivity index (χ0v) is 20.4. The molecule has 36 heavy (non-hydrogen) atoms. The fourth-order valence-electron chi connectivity index (χ4n) is 4.79. The van der Waals surface area contributed by atoms with Gasteiger partial charge in [-0.25, -0.2) is 0 Å². The molecule has 0 aliphatic carbocycles. The highest BCUT2D eigenvalue weighted by molar-refractivity contribution is 6.30. The number of nitrogens with two attached hydrogens (primary N) is 1. The molecule has 0 unspecified atom stereocenters. The fourth-order valence-corrected chi connectivity index (χ4v) is 4.92. The van der Waals surface area contributed by atoms with Gasteiger partial charge in [-0.3, -0.25) is 0 Å². The van der Waals surface area contributed by atoms with Gasteiger partial charge in [-0.15, -0.1) is 0 Å². The summed E-state index contributed by atoms with van der Waals surface area (Å²) >= 11 is 6.06. The van der Waals surface area contributed by atoms with Gasteiger partial charge in [0.1, 0.15) is 12.4 Å². The smallest absolute Gasteiger partial charge is 0.143 e. The van der Waals surface area contributed by atoms with Crippen LogP contribution in [-0.4, -0.2) is 0 Å². The molecule has 6 aromatic rings. The summed E-state index contributed by atoms with van der Waals surface area (Å²) < 4.78 is 6.32. The molecule has 0 bridgehead atoms. The first-order valence-electron chi connectivity index (χ1n) is 11.9. The summed E-state index contributed by atoms with van der Waals surface area (Å²) in [5, 5.41) is 5.58. The lowest BCUT2D eigenvalue weighted by Gasteiger charge is -2.17. The van der Waals surface area contributed by atoms with E-state index in [1.165, 1.54) is 21.5 Å². The molecule has 6 aromatic carbocycles. The van der Waals surface area contributed by atoms with Gasteiger partial charge >= 0.3 is 0 Å². The lowest BCUT2D eigenvalue weighted by molar-refractivity contribution is 0.308. The van der Waals surface area contributed by atoms with Crippen LogP contribution in [0.25, 0.3) is 43.8 Å². The predicted molar refractivity (Wildman–Crippen MR) is 153 cm³/mol. The van der Waals surface area contributed by atoms with E-state index < -0.39 is 0 Å². The number of ether oxygens (including phenoxy) is 1. The third-order valence-electron chi connectivity index (χ3n) is 6.61. The zero-order valence-electron chi connectivity index (χ0n) is 19.6. The normalized spacial score (nSPS) is 11.1. The van der Waals surface area contributed by atoms with Gasteiger partial charge in [0.15, 0.2) is 0 Å². The summed E-state index contributed by atoms with van der Waals surface area (Å²) in [5.41, 5.74) is 12.6. The maximum atomic E-state index is 6.71. The Balaban J connectivity index is 1.55. The third kappa shape index (κ3) is 4.17. The van der Waals surface area contributed by atoms with Crippen LogP contribution in [0.4, 0.5) is 5.69 Å². The Morgan fingerprint density at radius 2 is 1.25 bits per heavy atom. The molecule has 0 atom stereocenters. The van der Waals surface area contributed by atoms with Crippen molar-refractivity contribution < 1.29 is 4.74 Å². The molecule has 0 aliphatic heterocycles. The second-order valence-corrected chi connectivity index (χ2v) is 9.34. The van der Waals surface area contributed by atoms with Crippen LogP contribution in [0.3, 0.4) is 0 Å². The van der Waals surface area contributed by atoms with Crippen molar-refractivity contribution in [1.82, 2.24) is 0 Å². The van der Waals surface area contributed by atoms with Gasteiger partial charge in [-0.1, -0.05) is 103 Å². The van der Waals surface area contributed by atoms with E-state index in [0.29, 0.717) is 23.1 Å². The number of fused-ring (bicyclic) bond motifs is 3. The van der Waals surface area contributed by atoms with Gasteiger partial charge in [0.2, 0.25) is 0 Å². The molecule has 0 amide bonds. The molecule has 0 saturated heterocycles. The molecule has 0 aliphatic rings. The molecule has 0 fully saturated rings. The number of hydrogen-bond donors (Lipinski definition) is 1. The average Bonchev–Trinajstić information content (AvgIpc) is 2.93. The number of hydrogen-bond acceptors (Lipinski definition) is 2. The molecule has 0 spiro atoms. The third-order valence-corrected chi connectivity index (χ3v) is 6.87. The van der Waals surface area contributed by atoms with Gasteiger partial charge in [0.25, 0.3) is 0 Å². The Morgan fingerprint density at radius 3 is 2.03 bits per heavy atom. The van der Waals surface area contributed by atoms with E-state index in [4.69, 9.17) is 22.1 Å². The van der Waals surface area contributed by atoms with Crippen LogP contribution in [-0.2, 0) is 6.61 Å². The molecular weight excluding hydrogens is 462 g/mol. The van der Waals surface area contributed by atoms with E-state index in [9.17, 15) is 0 Å². The van der Waals surface area contributed by atoms with Crippen LogP contribution in [0.5, 0.6) is 5.75 Å². The summed E-state index contributed by atoms with van der Waals surface area (Å²) in [6.07, 6.45) is 0. The van der Waals surface area contributed by atoms with Crippen molar-refractivity contribution in [2.75, 3.05) is 5.73 Å². The molecule has 6 rings (SSSR count). The van der Waals surface area contributed by atoms with Crippen molar-refractivity contribution in [3.05, 3.63) is 132 Å². The number of halogens is 1. The van der Waals surface area contributed by atoms with Crippen molar-refractivity contribution in [3.8, 4) is 28.0 Å². The topological polar surface area (TPSA) is 35.2 Å². The monoisotopic (exact) mass is 485 g/mol. The van der Waals surface area contributed by atoms with Gasteiger partial charge in [0, 0.05) is 10.6 Å². The fraction of sp³-hybridized carbons (Fsp3) is 0.0303. The molecule has 2 nitrogen and oxygen atoms in total. The highest BCUT2D eigenvalue weighted by Crippen LogP contribution is 2.42. The highest BCUT2D eigenvalue weighted by atomic mass is 35.5. The lowest BCUT2D eigenvalue weighted by Crippen LogP contribution is -2.01. The minimum Gasteiger partial charge on any atom is -0.487 e. The van der Waals surface area contributed by atoms with Crippen molar-refractivity contribution in [1.29, 1.82) is 0 Å². The largest absolute Gasteiger partial charge is 0.487 e. The summed E-state index contributed by atoms with van der Waals surface area (Å²) in [6, 6.07) is 41.5. The SMILES string of the molecule is Nc1c(OCc2ccc(Cl)cc2)cc(-c2cc3ccccc3c3ccccc23)cc1-c1ccccc1. The quantitative estimate of drug-likeness (QED) is 0.195. The van der Waals surface area contributed by atoms with Crippen LogP contribution in [0.1, 0.15) is 5.56 Å². The van der Waals surface area contributed by atoms with E-state index in [1.54, 1.807) is 0 Å². The van der Waals surface area contributed by atoms with E-state index in [0.717, 1.165) is 27.8 Å². The van der Waals surface area contributed by atoms with E-state index in [-0.39, 0.29) is 0 Å². The lowest BCUT2D eigenvalue weighted by atomic mass is 9.91. The predicted octanol–water partition coefficient (Wildman–Crippen LogP) is 9.14. The van der Waals surface area contributed by atoms with Crippen molar-refractivity contribution in [2.45, 2.75) is 6.61 Å². The van der Waals surface area contributed by atoms with Crippen molar-refractivity contribution >= 4 is 38.8 Å². The zero-order chi connectivity index (χ0) is 24.5. The van der Waals surface area contributed by atoms with E-state index in [1.807, 2.05) is 42.5 Å². The molecule has 2 N–H and O–H groups in total. The number of rotatable bonds is 5. The Hall–Kier alpha value is -4.27. The molecular formula is C33H24ClNO. The van der Waals surface area contributed by atoms with Gasteiger partial charge in [-0.05, 0) is 74.1 Å². The molecule has 3 heteroatoms. The summed E-state index contributed by atoms with van der Waals surface area (Å²) in [5.74, 6) is 0.665. The van der Waals surface area contributed by atoms with Gasteiger partial charge < -0.3 is 10.5 Å². The molecule has 0 aromatic heterocycles. The van der Waals surface area contributed by atoms with E-state index in [2.05, 4.69) is 78.9 Å². The Kier molecular flexibility index (Phi) is 5.80. The highest BCUT2D eigenvalue weighted by Gasteiger charge is 2.15. The van der Waals surface area contributed by atoms with Crippen LogP contribution in [0.15, 0.2) is 121 Å². The maximum absolute atomic E-state index is 6.71. The minimum absolute atomic E-state index is 0.400. The minimum atomic E-state index is 0.400. The first-order valence-corrected chi connectivity index (χ1v) is 12.3. The Bertz CT molecular complexity index is 1690. The van der Waals surface area contributed by atoms with Crippen LogP contribution in [0, 0.1) is 0 Å². The number of anilines is 1. The molecule has 0 heterocycles. The molecule has 0 saturated carbocycles. The molecule has 174 valence electrons. The second-order valence-electron chi connectivity index (χ2n) is 8.91. The van der Waals surface area contributed by atoms with Crippen LogP contribution < -0.4 is 10.5 Å². The van der Waals surface area contributed by atoms with Crippen molar-refractivity contribution in [2.24, 2.45) is 0 Å². The van der Waals surface area contributed by atoms with Crippen LogP contribution in [0.2, 0.25) is 5.02 Å². The van der Waals surface area contributed by atoms with Crippen LogP contribution >= 0.6 is 11.6 Å². The number of nitrogen functional groups attached to an aromatic ring is 1.